The lowest BCUT2D eigenvalue weighted by molar-refractivity contribution is 0.0692. The summed E-state index contributed by atoms with van der Waals surface area (Å²) in [5, 5.41) is 9.33. The van der Waals surface area contributed by atoms with Gasteiger partial charge >= 0.3 is 5.97 Å². The van der Waals surface area contributed by atoms with Crippen molar-refractivity contribution in [2.75, 3.05) is 19.0 Å². The lowest BCUT2D eigenvalue weighted by Crippen LogP contribution is -2.13. The lowest BCUT2D eigenvalue weighted by Gasteiger charge is -2.13. The van der Waals surface area contributed by atoms with Crippen LogP contribution in [0.2, 0.25) is 0 Å². The molecule has 112 valence electrons. The zero-order valence-electron chi connectivity index (χ0n) is 12.8. The number of anilines is 1. The number of nitrogens with zero attached hydrogens (tertiary/aromatic N) is 4. The summed E-state index contributed by atoms with van der Waals surface area (Å²) in [6, 6.07) is 0. The second-order valence-corrected chi connectivity index (χ2v) is 6.03. The van der Waals surface area contributed by atoms with E-state index in [2.05, 4.69) is 19.9 Å². The van der Waals surface area contributed by atoms with Crippen molar-refractivity contribution in [2.24, 2.45) is 0 Å². The molecule has 2 rings (SSSR count). The van der Waals surface area contributed by atoms with Gasteiger partial charge in [-0.2, -0.15) is 0 Å². The molecule has 0 unspecified atom stereocenters. The van der Waals surface area contributed by atoms with Gasteiger partial charge in [0.2, 0.25) is 5.95 Å². The average Bonchev–Trinajstić information content (AvgIpc) is 2.83. The van der Waals surface area contributed by atoms with Crippen LogP contribution in [0, 0.1) is 0 Å². The fourth-order valence-electron chi connectivity index (χ4n) is 1.77. The van der Waals surface area contributed by atoms with Gasteiger partial charge in [0.05, 0.1) is 0 Å². The minimum absolute atomic E-state index is 0.0566. The van der Waals surface area contributed by atoms with Crippen molar-refractivity contribution >= 4 is 11.9 Å². The van der Waals surface area contributed by atoms with Gasteiger partial charge in [-0.25, -0.2) is 19.7 Å². The number of hydrogen-bond donors (Lipinski definition) is 2. The Morgan fingerprint density at radius 1 is 1.24 bits per heavy atom. The largest absolute Gasteiger partial charge is 0.477 e. The van der Waals surface area contributed by atoms with E-state index in [1.54, 1.807) is 17.3 Å². The third-order valence-corrected chi connectivity index (χ3v) is 2.94. The minimum atomic E-state index is -1.05. The summed E-state index contributed by atoms with van der Waals surface area (Å²) in [6.07, 6.45) is 3.16. The molecular formula is C14H19N5O2. The molecular weight excluding hydrogens is 270 g/mol. The molecule has 2 heterocycles. The van der Waals surface area contributed by atoms with Crippen LogP contribution in [0.1, 0.15) is 37.1 Å². The first-order valence-electron chi connectivity index (χ1n) is 6.53. The zero-order valence-corrected chi connectivity index (χ0v) is 12.8. The maximum Gasteiger partial charge on any atom is 0.354 e. The SMILES string of the molecule is CN(C)c1ncc(-c2nc(C(C)(C)C)[nH]c2C(=O)O)cn1. The molecule has 0 fully saturated rings. The van der Waals surface area contributed by atoms with Gasteiger partial charge in [0.25, 0.3) is 0 Å². The summed E-state index contributed by atoms with van der Waals surface area (Å²) >= 11 is 0. The van der Waals surface area contributed by atoms with Gasteiger partial charge in [-0.1, -0.05) is 20.8 Å². The number of rotatable bonds is 3. The smallest absolute Gasteiger partial charge is 0.354 e. The maximum atomic E-state index is 11.4. The second kappa shape index (κ2) is 5.16. The monoisotopic (exact) mass is 289 g/mol. The highest BCUT2D eigenvalue weighted by molar-refractivity contribution is 5.92. The van der Waals surface area contributed by atoms with Crippen LogP contribution in [-0.4, -0.2) is 45.1 Å². The molecule has 0 bridgehead atoms. The summed E-state index contributed by atoms with van der Waals surface area (Å²) in [5.41, 5.74) is 0.719. The molecule has 0 aromatic carbocycles. The first kappa shape index (κ1) is 15.0. The number of aromatic carboxylic acids is 1. The topological polar surface area (TPSA) is 95.0 Å². The van der Waals surface area contributed by atoms with E-state index in [1.165, 1.54) is 0 Å². The fourth-order valence-corrected chi connectivity index (χ4v) is 1.77. The quantitative estimate of drug-likeness (QED) is 0.896. The first-order valence-corrected chi connectivity index (χ1v) is 6.53. The number of carboxylic acid groups (broad SMARTS) is 1. The van der Waals surface area contributed by atoms with Crippen molar-refractivity contribution in [2.45, 2.75) is 26.2 Å². The average molecular weight is 289 g/mol. The molecule has 0 spiro atoms. The lowest BCUT2D eigenvalue weighted by atomic mass is 9.96. The number of nitrogens with one attached hydrogen (secondary N) is 1. The number of aromatic amines is 1. The number of aromatic nitrogens is 4. The molecule has 2 N–H and O–H groups in total. The van der Waals surface area contributed by atoms with Crippen molar-refractivity contribution in [1.82, 2.24) is 19.9 Å². The Hall–Kier alpha value is -2.44. The molecule has 2 aromatic rings. The molecule has 7 heteroatoms. The van der Waals surface area contributed by atoms with E-state index in [0.29, 0.717) is 23.0 Å². The molecule has 0 aliphatic heterocycles. The van der Waals surface area contributed by atoms with Crippen molar-refractivity contribution in [1.29, 1.82) is 0 Å². The van der Waals surface area contributed by atoms with Gasteiger partial charge in [-0.15, -0.1) is 0 Å². The van der Waals surface area contributed by atoms with Crippen LogP contribution in [0.3, 0.4) is 0 Å². The van der Waals surface area contributed by atoms with E-state index in [0.717, 1.165) is 0 Å². The van der Waals surface area contributed by atoms with E-state index in [4.69, 9.17) is 0 Å². The Morgan fingerprint density at radius 3 is 2.24 bits per heavy atom. The Kier molecular flexibility index (Phi) is 3.67. The van der Waals surface area contributed by atoms with Crippen LogP contribution in [0.15, 0.2) is 12.4 Å². The van der Waals surface area contributed by atoms with Gasteiger partial charge in [-0.05, 0) is 0 Å². The van der Waals surface area contributed by atoms with Crippen molar-refractivity contribution in [3.05, 3.63) is 23.9 Å². The highest BCUT2D eigenvalue weighted by Crippen LogP contribution is 2.26. The predicted octanol–water partition coefficient (Wildman–Crippen LogP) is 1.93. The number of imidazole rings is 1. The van der Waals surface area contributed by atoms with Crippen LogP contribution in [0.25, 0.3) is 11.3 Å². The summed E-state index contributed by atoms with van der Waals surface area (Å²) in [5.74, 6) is 0.124. The van der Waals surface area contributed by atoms with Crippen molar-refractivity contribution < 1.29 is 9.90 Å². The Labute approximate surface area is 123 Å². The maximum absolute atomic E-state index is 11.4. The van der Waals surface area contributed by atoms with Crippen LogP contribution >= 0.6 is 0 Å². The minimum Gasteiger partial charge on any atom is -0.477 e. The number of carboxylic acids is 1. The van der Waals surface area contributed by atoms with Gasteiger partial charge in [-0.3, -0.25) is 0 Å². The highest BCUT2D eigenvalue weighted by atomic mass is 16.4. The molecule has 0 radical (unpaired) electrons. The number of carbonyl (C=O) groups is 1. The Morgan fingerprint density at radius 2 is 1.81 bits per heavy atom. The fraction of sp³-hybridized carbons (Fsp3) is 0.429. The third-order valence-electron chi connectivity index (χ3n) is 2.94. The zero-order chi connectivity index (χ0) is 15.8. The number of hydrogen-bond acceptors (Lipinski definition) is 5. The molecule has 0 saturated carbocycles. The molecule has 0 amide bonds. The number of H-pyrrole nitrogens is 1. The van der Waals surface area contributed by atoms with E-state index in [-0.39, 0.29) is 11.1 Å². The summed E-state index contributed by atoms with van der Waals surface area (Å²) < 4.78 is 0. The normalized spacial score (nSPS) is 11.5. The van der Waals surface area contributed by atoms with Gasteiger partial charge in [0.1, 0.15) is 11.5 Å². The molecule has 0 atom stereocenters. The molecule has 0 saturated heterocycles. The predicted molar refractivity (Wildman–Crippen MR) is 79.6 cm³/mol. The second-order valence-electron chi connectivity index (χ2n) is 6.03. The van der Waals surface area contributed by atoms with Crippen LogP contribution in [0.5, 0.6) is 0 Å². The van der Waals surface area contributed by atoms with Gasteiger partial charge in [0.15, 0.2) is 5.69 Å². The van der Waals surface area contributed by atoms with Crippen molar-refractivity contribution in [3.8, 4) is 11.3 Å². The van der Waals surface area contributed by atoms with Crippen molar-refractivity contribution in [3.63, 3.8) is 0 Å². The van der Waals surface area contributed by atoms with Gasteiger partial charge < -0.3 is 15.0 Å². The van der Waals surface area contributed by atoms with E-state index >= 15 is 0 Å². The van der Waals surface area contributed by atoms with Crippen LogP contribution in [-0.2, 0) is 5.41 Å². The summed E-state index contributed by atoms with van der Waals surface area (Å²) in [4.78, 5) is 28.8. The molecule has 7 nitrogen and oxygen atoms in total. The molecule has 0 aliphatic carbocycles. The van der Waals surface area contributed by atoms with E-state index in [1.807, 2.05) is 34.9 Å². The third kappa shape index (κ3) is 3.01. The van der Waals surface area contributed by atoms with Crippen LogP contribution < -0.4 is 4.90 Å². The Bertz CT molecular complexity index is 653. The highest BCUT2D eigenvalue weighted by Gasteiger charge is 2.24. The molecule has 21 heavy (non-hydrogen) atoms. The van der Waals surface area contributed by atoms with Gasteiger partial charge in [0, 0.05) is 37.5 Å². The Balaban J connectivity index is 2.52. The van der Waals surface area contributed by atoms with E-state index < -0.39 is 5.97 Å². The summed E-state index contributed by atoms with van der Waals surface area (Å²) in [6.45, 7) is 5.90. The van der Waals surface area contributed by atoms with E-state index in [9.17, 15) is 9.90 Å². The first-order chi connectivity index (χ1) is 9.70. The van der Waals surface area contributed by atoms with Crippen LogP contribution in [0.4, 0.5) is 5.95 Å². The summed E-state index contributed by atoms with van der Waals surface area (Å²) in [7, 11) is 3.67. The molecule has 0 aliphatic rings. The standard InChI is InChI=1S/C14H19N5O2/c1-14(2,3)12-17-9(10(18-12)11(20)21)8-6-15-13(16-7-8)19(4)5/h6-7H,1-5H3,(H,17,18)(H,20,21). The molecule has 2 aromatic heterocycles.